The fourth-order valence-electron chi connectivity index (χ4n) is 1.24. The third-order valence-electron chi connectivity index (χ3n) is 2.11. The van der Waals surface area contributed by atoms with Gasteiger partial charge in [-0.1, -0.05) is 13.3 Å². The Labute approximate surface area is 89.0 Å². The largest absolute Gasteiger partial charge is 0.756 e. The molecule has 1 atom stereocenters. The predicted octanol–water partition coefficient (Wildman–Crippen LogP) is 1.07. The van der Waals surface area contributed by atoms with Crippen molar-refractivity contribution >= 4 is 13.5 Å². The molecule has 2 N–H and O–H groups in total. The van der Waals surface area contributed by atoms with E-state index in [2.05, 4.69) is 0 Å². The molecule has 0 spiro atoms. The highest BCUT2D eigenvalue weighted by atomic mass is 31.2. The molecule has 0 rings (SSSR count). The third kappa shape index (κ3) is 5.89. The summed E-state index contributed by atoms with van der Waals surface area (Å²) in [6, 6.07) is 0. The number of hydrogen-bond donors (Lipinski definition) is 2. The van der Waals surface area contributed by atoms with Crippen molar-refractivity contribution in [2.45, 2.75) is 38.8 Å². The van der Waals surface area contributed by atoms with E-state index in [1.54, 1.807) is 0 Å². The maximum absolute atomic E-state index is 11.0. The number of carbonyl (C=O) groups excluding carboxylic acids is 1. The first kappa shape index (κ1) is 14.6. The number of amides is 1. The Hall–Kier alpha value is -0.420. The molecule has 0 saturated carbocycles. The van der Waals surface area contributed by atoms with Crippen LogP contribution in [0.3, 0.4) is 0 Å². The standard InChI is InChI=1S/C8H17NO5P/c1-3-4-8(15(12,13)14)5-6-9(11)7(2)10/h8H,3-6H2,1-2H3,(H2,12,13,14)/q-1. The van der Waals surface area contributed by atoms with E-state index in [1.165, 1.54) is 0 Å². The zero-order valence-corrected chi connectivity index (χ0v) is 9.81. The van der Waals surface area contributed by atoms with Crippen molar-refractivity contribution in [2.24, 2.45) is 0 Å². The first-order chi connectivity index (χ1) is 6.79. The van der Waals surface area contributed by atoms with Crippen LogP contribution in [0, 0.1) is 5.21 Å². The molecular formula is C8H17NO5P-. The van der Waals surface area contributed by atoms with Gasteiger partial charge in [0.1, 0.15) is 0 Å². The molecule has 0 heterocycles. The molecule has 15 heavy (non-hydrogen) atoms. The van der Waals surface area contributed by atoms with Gasteiger partial charge in [-0.2, -0.15) is 0 Å². The molecule has 0 aliphatic heterocycles. The molecule has 7 heteroatoms. The van der Waals surface area contributed by atoms with Crippen LogP contribution in [0.1, 0.15) is 33.1 Å². The molecule has 6 nitrogen and oxygen atoms in total. The smallest absolute Gasteiger partial charge is 0.328 e. The minimum absolute atomic E-state index is 0.0429. The first-order valence-corrected chi connectivity index (χ1v) is 6.47. The van der Waals surface area contributed by atoms with Gasteiger partial charge in [0.2, 0.25) is 5.91 Å². The predicted molar refractivity (Wildman–Crippen MR) is 56.1 cm³/mol. The monoisotopic (exact) mass is 238 g/mol. The van der Waals surface area contributed by atoms with Crippen LogP contribution in [-0.2, 0) is 9.36 Å². The molecule has 0 bridgehead atoms. The summed E-state index contributed by atoms with van der Waals surface area (Å²) in [5.74, 6) is -0.643. The van der Waals surface area contributed by atoms with Gasteiger partial charge in [0.05, 0.1) is 5.66 Å². The fourth-order valence-corrected chi connectivity index (χ4v) is 2.28. The molecular weight excluding hydrogens is 221 g/mol. The molecule has 0 aromatic rings. The van der Waals surface area contributed by atoms with Crippen LogP contribution in [0.25, 0.3) is 0 Å². The lowest BCUT2D eigenvalue weighted by Gasteiger charge is -2.28. The Morgan fingerprint density at radius 1 is 1.47 bits per heavy atom. The summed E-state index contributed by atoms with van der Waals surface area (Å²) >= 11 is 0. The van der Waals surface area contributed by atoms with Crippen molar-refractivity contribution in [2.75, 3.05) is 6.54 Å². The van der Waals surface area contributed by atoms with Crippen molar-refractivity contribution in [3.05, 3.63) is 5.21 Å². The van der Waals surface area contributed by atoms with Gasteiger partial charge in [0.25, 0.3) is 0 Å². The number of hydroxylamine groups is 2. The van der Waals surface area contributed by atoms with Gasteiger partial charge in [-0.25, -0.2) is 0 Å². The molecule has 0 aromatic heterocycles. The lowest BCUT2D eigenvalue weighted by Crippen LogP contribution is -2.26. The SMILES string of the molecule is CCCC(CCN([O-])C(C)=O)P(=O)(O)O. The highest BCUT2D eigenvalue weighted by Gasteiger charge is 2.27. The van der Waals surface area contributed by atoms with Gasteiger partial charge in [0.15, 0.2) is 0 Å². The second kappa shape index (κ2) is 6.23. The highest BCUT2D eigenvalue weighted by molar-refractivity contribution is 7.52. The van der Waals surface area contributed by atoms with E-state index >= 15 is 0 Å². The fraction of sp³-hybridized carbons (Fsp3) is 0.875. The first-order valence-electron chi connectivity index (χ1n) is 4.79. The van der Waals surface area contributed by atoms with Gasteiger partial charge < -0.3 is 20.1 Å². The van der Waals surface area contributed by atoms with E-state index in [-0.39, 0.29) is 18.0 Å². The van der Waals surface area contributed by atoms with Crippen LogP contribution in [0.5, 0.6) is 0 Å². The third-order valence-corrected chi connectivity index (χ3v) is 3.58. The maximum Gasteiger partial charge on any atom is 0.328 e. The molecule has 0 aliphatic rings. The van der Waals surface area contributed by atoms with Crippen LogP contribution < -0.4 is 0 Å². The van der Waals surface area contributed by atoms with Gasteiger partial charge >= 0.3 is 7.60 Å². The van der Waals surface area contributed by atoms with Crippen molar-refractivity contribution in [3.63, 3.8) is 0 Å². The Balaban J connectivity index is 4.20. The van der Waals surface area contributed by atoms with E-state index in [1.807, 2.05) is 6.92 Å². The topological polar surface area (TPSA) is 101 Å². The van der Waals surface area contributed by atoms with E-state index in [0.717, 1.165) is 6.92 Å². The molecule has 0 aromatic carbocycles. The molecule has 90 valence electrons. The zero-order valence-electron chi connectivity index (χ0n) is 8.92. The Kier molecular flexibility index (Phi) is 6.05. The van der Waals surface area contributed by atoms with Crippen LogP contribution >= 0.6 is 7.60 Å². The molecule has 0 saturated heterocycles. The Morgan fingerprint density at radius 2 is 2.00 bits per heavy atom. The van der Waals surface area contributed by atoms with Crippen LogP contribution in [-0.4, -0.2) is 33.0 Å². The Morgan fingerprint density at radius 3 is 2.33 bits per heavy atom. The zero-order chi connectivity index (χ0) is 12.1. The number of carbonyl (C=O) groups is 1. The summed E-state index contributed by atoms with van der Waals surface area (Å²) < 4.78 is 11.0. The maximum atomic E-state index is 11.0. The van der Waals surface area contributed by atoms with Gasteiger partial charge in [-0.15, -0.1) is 0 Å². The second-order valence-corrected chi connectivity index (χ2v) is 5.35. The lowest BCUT2D eigenvalue weighted by molar-refractivity contribution is -0.126. The summed E-state index contributed by atoms with van der Waals surface area (Å²) in [6.45, 7) is 2.77. The number of nitrogens with zero attached hydrogens (tertiary/aromatic N) is 1. The molecule has 1 amide bonds. The van der Waals surface area contributed by atoms with Crippen LogP contribution in [0.15, 0.2) is 0 Å². The summed E-state index contributed by atoms with van der Waals surface area (Å²) in [5.41, 5.74) is -0.821. The minimum atomic E-state index is -4.16. The van der Waals surface area contributed by atoms with Gasteiger partial charge in [-0.05, 0) is 12.8 Å². The molecule has 1 unspecified atom stereocenters. The highest BCUT2D eigenvalue weighted by Crippen LogP contribution is 2.45. The summed E-state index contributed by atoms with van der Waals surface area (Å²) in [7, 11) is -4.16. The normalized spacial score (nSPS) is 13.7. The van der Waals surface area contributed by atoms with E-state index in [4.69, 9.17) is 9.79 Å². The quantitative estimate of drug-likeness (QED) is 0.532. The molecule has 0 radical (unpaired) electrons. The van der Waals surface area contributed by atoms with Gasteiger partial charge in [-0.3, -0.25) is 9.36 Å². The van der Waals surface area contributed by atoms with E-state index in [9.17, 15) is 14.6 Å². The summed E-state index contributed by atoms with van der Waals surface area (Å²) in [5, 5.41) is 11.1. The second-order valence-electron chi connectivity index (χ2n) is 3.44. The number of hydrogen-bond acceptors (Lipinski definition) is 3. The summed E-state index contributed by atoms with van der Waals surface area (Å²) in [6.07, 6.45) is 1.03. The van der Waals surface area contributed by atoms with Crippen molar-refractivity contribution in [1.29, 1.82) is 0 Å². The average Bonchev–Trinajstić information content (AvgIpc) is 2.09. The van der Waals surface area contributed by atoms with E-state index in [0.29, 0.717) is 12.8 Å². The average molecular weight is 238 g/mol. The van der Waals surface area contributed by atoms with Crippen molar-refractivity contribution in [1.82, 2.24) is 5.06 Å². The molecule has 0 fully saturated rings. The van der Waals surface area contributed by atoms with Crippen LogP contribution in [0.2, 0.25) is 0 Å². The minimum Gasteiger partial charge on any atom is -0.756 e. The van der Waals surface area contributed by atoms with Crippen molar-refractivity contribution < 1.29 is 19.1 Å². The summed E-state index contributed by atoms with van der Waals surface area (Å²) in [4.78, 5) is 28.5. The Bertz CT molecular complexity index is 251. The lowest BCUT2D eigenvalue weighted by atomic mass is 10.2. The molecule has 0 aliphatic carbocycles. The van der Waals surface area contributed by atoms with Crippen LogP contribution in [0.4, 0.5) is 0 Å². The number of rotatable bonds is 6. The van der Waals surface area contributed by atoms with Gasteiger partial charge in [0, 0.05) is 13.5 Å². The van der Waals surface area contributed by atoms with E-state index < -0.39 is 19.2 Å². The van der Waals surface area contributed by atoms with Crippen molar-refractivity contribution in [3.8, 4) is 0 Å².